The van der Waals surface area contributed by atoms with E-state index in [4.69, 9.17) is 10.5 Å². The predicted molar refractivity (Wildman–Crippen MR) is 67.3 cm³/mol. The van der Waals surface area contributed by atoms with E-state index in [1.807, 2.05) is 12.1 Å². The van der Waals surface area contributed by atoms with E-state index in [-0.39, 0.29) is 0 Å². The van der Waals surface area contributed by atoms with Gasteiger partial charge >= 0.3 is 0 Å². The number of nitrogens with two attached hydrogens (primary N) is 1. The van der Waals surface area contributed by atoms with Crippen LogP contribution in [0.3, 0.4) is 0 Å². The quantitative estimate of drug-likeness (QED) is 0.807. The molecule has 1 aromatic rings. The van der Waals surface area contributed by atoms with Crippen molar-refractivity contribution in [3.05, 3.63) is 28.2 Å². The number of aryl methyl sites for hydroxylation is 1. The zero-order valence-corrected chi connectivity index (χ0v) is 10.7. The first kappa shape index (κ1) is 12.5. The lowest BCUT2D eigenvalue weighted by Gasteiger charge is -2.08. The van der Waals surface area contributed by atoms with Crippen LogP contribution in [0.15, 0.2) is 22.7 Å². The van der Waals surface area contributed by atoms with Crippen molar-refractivity contribution >= 4 is 15.9 Å². The van der Waals surface area contributed by atoms with Crippen molar-refractivity contribution in [3.63, 3.8) is 0 Å². The third-order valence-corrected chi connectivity index (χ3v) is 3.04. The SMILES string of the molecule is CCc1cc(OCCCCN)ccc1Br. The fourth-order valence-electron chi connectivity index (χ4n) is 1.35. The highest BCUT2D eigenvalue weighted by Gasteiger charge is 2.00. The van der Waals surface area contributed by atoms with Crippen LogP contribution >= 0.6 is 15.9 Å². The fraction of sp³-hybridized carbons (Fsp3) is 0.500. The van der Waals surface area contributed by atoms with Crippen LogP contribution in [0.2, 0.25) is 0 Å². The molecule has 15 heavy (non-hydrogen) atoms. The molecule has 0 aromatic heterocycles. The van der Waals surface area contributed by atoms with Gasteiger partial charge in [-0.05, 0) is 49.6 Å². The molecule has 0 bridgehead atoms. The zero-order valence-electron chi connectivity index (χ0n) is 9.13. The van der Waals surface area contributed by atoms with Crippen LogP contribution in [0.25, 0.3) is 0 Å². The first-order valence-corrected chi connectivity index (χ1v) is 6.18. The smallest absolute Gasteiger partial charge is 0.119 e. The van der Waals surface area contributed by atoms with Gasteiger partial charge in [0.05, 0.1) is 6.61 Å². The summed E-state index contributed by atoms with van der Waals surface area (Å²) in [6.07, 6.45) is 3.06. The summed E-state index contributed by atoms with van der Waals surface area (Å²) in [7, 11) is 0. The molecule has 0 aliphatic heterocycles. The maximum atomic E-state index is 5.63. The molecule has 0 aliphatic carbocycles. The third kappa shape index (κ3) is 4.22. The molecule has 0 radical (unpaired) electrons. The Morgan fingerprint density at radius 2 is 2.13 bits per heavy atom. The van der Waals surface area contributed by atoms with E-state index >= 15 is 0 Å². The highest BCUT2D eigenvalue weighted by atomic mass is 79.9. The van der Waals surface area contributed by atoms with Gasteiger partial charge in [-0.3, -0.25) is 0 Å². The van der Waals surface area contributed by atoms with Crippen LogP contribution in [0.1, 0.15) is 25.3 Å². The van der Waals surface area contributed by atoms with Gasteiger partial charge in [0.15, 0.2) is 0 Å². The van der Waals surface area contributed by atoms with Crippen LogP contribution in [-0.4, -0.2) is 13.2 Å². The van der Waals surface area contributed by atoms with E-state index in [0.29, 0.717) is 0 Å². The zero-order chi connectivity index (χ0) is 11.1. The number of hydrogen-bond donors (Lipinski definition) is 1. The summed E-state index contributed by atoms with van der Waals surface area (Å²) >= 11 is 3.51. The number of halogens is 1. The Labute approximate surface area is 99.9 Å². The van der Waals surface area contributed by atoms with Crippen molar-refractivity contribution in [1.82, 2.24) is 0 Å². The summed E-state index contributed by atoms with van der Waals surface area (Å²) in [5, 5.41) is 0. The van der Waals surface area contributed by atoms with Crippen LogP contribution in [0.5, 0.6) is 5.75 Å². The second kappa shape index (κ2) is 6.85. The Bertz CT molecular complexity index is 302. The van der Waals surface area contributed by atoms with E-state index in [2.05, 4.69) is 28.9 Å². The maximum Gasteiger partial charge on any atom is 0.119 e. The van der Waals surface area contributed by atoms with Gasteiger partial charge in [0.2, 0.25) is 0 Å². The van der Waals surface area contributed by atoms with Crippen molar-refractivity contribution < 1.29 is 4.74 Å². The molecule has 0 heterocycles. The number of unbranched alkanes of at least 4 members (excludes halogenated alkanes) is 1. The van der Waals surface area contributed by atoms with Crippen molar-refractivity contribution in [2.24, 2.45) is 5.73 Å². The van der Waals surface area contributed by atoms with E-state index in [0.717, 1.165) is 42.6 Å². The van der Waals surface area contributed by atoms with Crippen molar-refractivity contribution in [3.8, 4) is 5.75 Å². The Hall–Kier alpha value is -0.540. The molecule has 0 fully saturated rings. The van der Waals surface area contributed by atoms with Gasteiger partial charge in [0.25, 0.3) is 0 Å². The lowest BCUT2D eigenvalue weighted by Crippen LogP contribution is -2.03. The Morgan fingerprint density at radius 3 is 2.80 bits per heavy atom. The molecular weight excluding hydrogens is 254 g/mol. The minimum absolute atomic E-state index is 0.740. The van der Waals surface area contributed by atoms with E-state index < -0.39 is 0 Å². The summed E-state index contributed by atoms with van der Waals surface area (Å²) in [6, 6.07) is 6.12. The minimum Gasteiger partial charge on any atom is -0.494 e. The molecule has 1 rings (SSSR count). The fourth-order valence-corrected chi connectivity index (χ4v) is 1.88. The van der Waals surface area contributed by atoms with E-state index in [1.54, 1.807) is 0 Å². The van der Waals surface area contributed by atoms with Gasteiger partial charge in [0, 0.05) is 4.47 Å². The first-order valence-electron chi connectivity index (χ1n) is 5.39. The normalized spacial score (nSPS) is 10.3. The average Bonchev–Trinajstić information content (AvgIpc) is 2.26. The topological polar surface area (TPSA) is 35.2 Å². The number of rotatable bonds is 6. The van der Waals surface area contributed by atoms with Crippen molar-refractivity contribution in [2.45, 2.75) is 26.2 Å². The van der Waals surface area contributed by atoms with E-state index in [9.17, 15) is 0 Å². The van der Waals surface area contributed by atoms with Crippen LogP contribution in [-0.2, 0) is 6.42 Å². The minimum atomic E-state index is 0.740. The molecule has 2 N–H and O–H groups in total. The standard InChI is InChI=1S/C12H18BrNO/c1-2-10-9-11(5-6-12(10)13)15-8-4-3-7-14/h5-6,9H,2-4,7-8,14H2,1H3. The van der Waals surface area contributed by atoms with Crippen LogP contribution < -0.4 is 10.5 Å². The number of benzene rings is 1. The number of ether oxygens (including phenoxy) is 1. The highest BCUT2D eigenvalue weighted by Crippen LogP contribution is 2.23. The second-order valence-electron chi connectivity index (χ2n) is 3.45. The van der Waals surface area contributed by atoms with Gasteiger partial charge < -0.3 is 10.5 Å². The Morgan fingerprint density at radius 1 is 1.33 bits per heavy atom. The molecule has 2 nitrogen and oxygen atoms in total. The molecule has 0 spiro atoms. The lowest BCUT2D eigenvalue weighted by atomic mass is 10.2. The highest BCUT2D eigenvalue weighted by molar-refractivity contribution is 9.10. The Balaban J connectivity index is 2.47. The van der Waals surface area contributed by atoms with Gasteiger partial charge in [-0.2, -0.15) is 0 Å². The molecule has 0 saturated heterocycles. The summed E-state index contributed by atoms with van der Waals surface area (Å²) in [6.45, 7) is 3.63. The molecule has 3 heteroatoms. The Kier molecular flexibility index (Phi) is 5.73. The lowest BCUT2D eigenvalue weighted by molar-refractivity contribution is 0.307. The molecular formula is C12H18BrNO. The second-order valence-corrected chi connectivity index (χ2v) is 4.31. The monoisotopic (exact) mass is 271 g/mol. The maximum absolute atomic E-state index is 5.63. The summed E-state index contributed by atoms with van der Waals surface area (Å²) in [4.78, 5) is 0. The predicted octanol–water partition coefficient (Wildman–Crippen LogP) is 3.13. The van der Waals surface area contributed by atoms with Crippen LogP contribution in [0, 0.1) is 0 Å². The number of hydrogen-bond acceptors (Lipinski definition) is 2. The molecule has 84 valence electrons. The summed E-state index contributed by atoms with van der Waals surface area (Å²) < 4.78 is 6.78. The van der Waals surface area contributed by atoms with Crippen LogP contribution in [0.4, 0.5) is 0 Å². The van der Waals surface area contributed by atoms with Gasteiger partial charge in [-0.25, -0.2) is 0 Å². The van der Waals surface area contributed by atoms with Crippen molar-refractivity contribution in [1.29, 1.82) is 0 Å². The molecule has 0 saturated carbocycles. The third-order valence-electron chi connectivity index (χ3n) is 2.27. The summed E-state index contributed by atoms with van der Waals surface area (Å²) in [5.41, 5.74) is 6.70. The largest absolute Gasteiger partial charge is 0.494 e. The van der Waals surface area contributed by atoms with Gasteiger partial charge in [0.1, 0.15) is 5.75 Å². The van der Waals surface area contributed by atoms with Gasteiger partial charge in [-0.1, -0.05) is 22.9 Å². The summed E-state index contributed by atoms with van der Waals surface area (Å²) in [5.74, 6) is 0.951. The molecule has 1 aromatic carbocycles. The first-order chi connectivity index (χ1) is 7.27. The average molecular weight is 272 g/mol. The van der Waals surface area contributed by atoms with Gasteiger partial charge in [-0.15, -0.1) is 0 Å². The molecule has 0 aliphatic rings. The molecule has 0 amide bonds. The van der Waals surface area contributed by atoms with Crippen molar-refractivity contribution in [2.75, 3.05) is 13.2 Å². The molecule has 0 atom stereocenters. The van der Waals surface area contributed by atoms with E-state index in [1.165, 1.54) is 5.56 Å². The molecule has 0 unspecified atom stereocenters.